The van der Waals surface area contributed by atoms with Crippen LogP contribution in [0.2, 0.25) is 0 Å². The molecular weight excluding hydrogens is 627 g/mol. The molecular formula is C38H75N2O7P. The average molecular weight is 703 g/mol. The number of unbranched alkanes of at least 4 members (excludes halogenated alkanes) is 20. The van der Waals surface area contributed by atoms with Gasteiger partial charge in [0.1, 0.15) is 0 Å². The molecule has 4 atom stereocenters. The number of amides is 1. The lowest BCUT2D eigenvalue weighted by molar-refractivity contribution is -0.124. The van der Waals surface area contributed by atoms with Crippen LogP contribution in [0.5, 0.6) is 0 Å². The predicted octanol–water partition coefficient (Wildman–Crippen LogP) is 9.19. The van der Waals surface area contributed by atoms with Crippen molar-refractivity contribution in [1.29, 1.82) is 0 Å². The fraction of sp³-hybridized carbons (Fsp3) is 0.868. The van der Waals surface area contributed by atoms with Gasteiger partial charge in [0, 0.05) is 6.54 Å². The van der Waals surface area contributed by atoms with Crippen LogP contribution in [0.1, 0.15) is 174 Å². The molecule has 0 aliphatic heterocycles. The van der Waals surface area contributed by atoms with Crippen molar-refractivity contribution in [2.75, 3.05) is 19.8 Å². The number of phosphoric ester groups is 1. The van der Waals surface area contributed by atoms with Gasteiger partial charge in [-0.3, -0.25) is 13.8 Å². The van der Waals surface area contributed by atoms with E-state index in [1.165, 1.54) is 109 Å². The fourth-order valence-electron chi connectivity index (χ4n) is 5.59. The number of allylic oxidation sites excluding steroid dienone is 3. The number of carbonyl (C=O) groups excluding carboxylic acids is 1. The summed E-state index contributed by atoms with van der Waals surface area (Å²) < 4.78 is 22.0. The van der Waals surface area contributed by atoms with E-state index < -0.39 is 38.6 Å². The monoisotopic (exact) mass is 703 g/mol. The Kier molecular flexibility index (Phi) is 33.6. The average Bonchev–Trinajstić information content (AvgIpc) is 3.06. The molecule has 48 heavy (non-hydrogen) atoms. The van der Waals surface area contributed by atoms with Crippen LogP contribution in [0.4, 0.5) is 0 Å². The van der Waals surface area contributed by atoms with E-state index >= 15 is 0 Å². The first-order chi connectivity index (χ1) is 23.3. The minimum absolute atomic E-state index is 0.0471. The molecule has 0 aromatic rings. The zero-order chi connectivity index (χ0) is 35.6. The van der Waals surface area contributed by atoms with Gasteiger partial charge in [-0.15, -0.1) is 0 Å². The molecule has 9 nitrogen and oxygen atoms in total. The molecule has 4 unspecified atom stereocenters. The van der Waals surface area contributed by atoms with Crippen LogP contribution in [0.15, 0.2) is 24.3 Å². The van der Waals surface area contributed by atoms with Gasteiger partial charge in [0.15, 0.2) is 0 Å². The van der Waals surface area contributed by atoms with Crippen molar-refractivity contribution in [3.63, 3.8) is 0 Å². The third-order valence-electron chi connectivity index (χ3n) is 8.58. The predicted molar refractivity (Wildman–Crippen MR) is 200 cm³/mol. The highest BCUT2D eigenvalue weighted by Gasteiger charge is 2.27. The van der Waals surface area contributed by atoms with Gasteiger partial charge < -0.3 is 26.2 Å². The summed E-state index contributed by atoms with van der Waals surface area (Å²) >= 11 is 0. The van der Waals surface area contributed by atoms with E-state index in [0.717, 1.165) is 38.5 Å². The molecule has 0 aliphatic rings. The van der Waals surface area contributed by atoms with Gasteiger partial charge in [-0.25, -0.2) is 4.57 Å². The summed E-state index contributed by atoms with van der Waals surface area (Å²) in [5.41, 5.74) is 5.34. The number of nitrogens with one attached hydrogen (secondary N) is 1. The number of phosphoric acid groups is 1. The lowest BCUT2D eigenvalue weighted by Crippen LogP contribution is -2.46. The fourth-order valence-corrected chi connectivity index (χ4v) is 6.35. The Morgan fingerprint density at radius 3 is 1.67 bits per heavy atom. The number of nitrogens with two attached hydrogens (primary N) is 1. The smallest absolute Gasteiger partial charge is 0.393 e. The minimum Gasteiger partial charge on any atom is -0.393 e. The van der Waals surface area contributed by atoms with Crippen LogP contribution in [0.25, 0.3) is 0 Å². The Morgan fingerprint density at radius 2 is 1.17 bits per heavy atom. The molecule has 0 bridgehead atoms. The van der Waals surface area contributed by atoms with Crippen molar-refractivity contribution in [3.05, 3.63) is 24.3 Å². The minimum atomic E-state index is -4.39. The maximum Gasteiger partial charge on any atom is 0.472 e. The summed E-state index contributed by atoms with van der Waals surface area (Å²) in [6.45, 7) is 3.93. The molecule has 0 aromatic heterocycles. The third kappa shape index (κ3) is 32.2. The second kappa shape index (κ2) is 34.4. The molecule has 10 heteroatoms. The van der Waals surface area contributed by atoms with Gasteiger partial charge in [-0.05, 0) is 44.9 Å². The molecule has 0 aliphatic carbocycles. The lowest BCUT2D eigenvalue weighted by atomic mass is 10.0. The van der Waals surface area contributed by atoms with Crippen LogP contribution in [0, 0.1) is 0 Å². The number of hydrogen-bond donors (Lipinski definition) is 5. The van der Waals surface area contributed by atoms with E-state index in [9.17, 15) is 24.5 Å². The Hall–Kier alpha value is -1.06. The lowest BCUT2D eigenvalue weighted by Gasteiger charge is -2.24. The maximum absolute atomic E-state index is 12.7. The van der Waals surface area contributed by atoms with Crippen molar-refractivity contribution >= 4 is 13.7 Å². The van der Waals surface area contributed by atoms with Crippen LogP contribution < -0.4 is 11.1 Å². The van der Waals surface area contributed by atoms with Gasteiger partial charge in [-0.1, -0.05) is 147 Å². The van der Waals surface area contributed by atoms with Crippen LogP contribution in [-0.4, -0.2) is 59.0 Å². The van der Waals surface area contributed by atoms with Gasteiger partial charge in [0.05, 0.1) is 37.9 Å². The summed E-state index contributed by atoms with van der Waals surface area (Å²) in [4.78, 5) is 22.6. The van der Waals surface area contributed by atoms with Crippen LogP contribution >= 0.6 is 7.82 Å². The standard InChI is InChI=1S/C38H75N2O7P/c1-3-5-7-9-11-13-15-16-17-18-20-22-24-26-28-30-37(42)36(34-47-48(44,45)46-32-31-39)40-38(43)33-35(41)29-27-25-23-21-19-14-12-10-8-6-4-2/h21,23,28,30,35-37,41-42H,3-20,22,24-27,29,31-34,39H2,1-2H3,(H,40,43)(H,44,45)/b23-21-,30-28+. The Balaban J connectivity index is 4.46. The highest BCUT2D eigenvalue weighted by Crippen LogP contribution is 2.43. The van der Waals surface area contributed by atoms with Crippen molar-refractivity contribution in [2.45, 2.75) is 193 Å². The number of rotatable bonds is 36. The van der Waals surface area contributed by atoms with Crippen LogP contribution in [0.3, 0.4) is 0 Å². The van der Waals surface area contributed by atoms with Gasteiger partial charge in [-0.2, -0.15) is 0 Å². The highest BCUT2D eigenvalue weighted by atomic mass is 31.2. The summed E-state index contributed by atoms with van der Waals surface area (Å²) in [7, 11) is -4.39. The molecule has 0 aromatic carbocycles. The Labute approximate surface area is 294 Å². The summed E-state index contributed by atoms with van der Waals surface area (Å²) in [5, 5.41) is 23.9. The quantitative estimate of drug-likeness (QED) is 0.0246. The summed E-state index contributed by atoms with van der Waals surface area (Å²) in [6.07, 6.45) is 34.1. The second-order valence-corrected chi connectivity index (χ2v) is 14.8. The molecule has 0 heterocycles. The van der Waals surface area contributed by atoms with Crippen molar-refractivity contribution in [3.8, 4) is 0 Å². The van der Waals surface area contributed by atoms with Crippen LogP contribution in [-0.2, 0) is 18.4 Å². The molecule has 0 rings (SSSR count). The van der Waals surface area contributed by atoms with E-state index in [4.69, 9.17) is 14.8 Å². The number of aliphatic hydroxyl groups is 2. The summed E-state index contributed by atoms with van der Waals surface area (Å²) in [6, 6.07) is -0.987. The van der Waals surface area contributed by atoms with E-state index in [-0.39, 0.29) is 19.6 Å². The first-order valence-corrected chi connectivity index (χ1v) is 21.0. The van der Waals surface area contributed by atoms with Crippen molar-refractivity contribution in [1.82, 2.24) is 5.32 Å². The van der Waals surface area contributed by atoms with E-state index in [1.807, 2.05) is 6.08 Å². The second-order valence-electron chi connectivity index (χ2n) is 13.3. The van der Waals surface area contributed by atoms with E-state index in [0.29, 0.717) is 6.42 Å². The molecule has 0 spiro atoms. The molecule has 1 amide bonds. The number of aliphatic hydroxyl groups excluding tert-OH is 2. The van der Waals surface area contributed by atoms with Gasteiger partial charge in [0.25, 0.3) is 0 Å². The largest absolute Gasteiger partial charge is 0.472 e. The first kappa shape index (κ1) is 46.9. The highest BCUT2D eigenvalue weighted by molar-refractivity contribution is 7.47. The van der Waals surface area contributed by atoms with Gasteiger partial charge in [0.2, 0.25) is 5.91 Å². The van der Waals surface area contributed by atoms with E-state index in [2.05, 4.69) is 31.3 Å². The van der Waals surface area contributed by atoms with Crippen molar-refractivity contribution in [2.24, 2.45) is 5.73 Å². The first-order valence-electron chi connectivity index (χ1n) is 19.5. The maximum atomic E-state index is 12.7. The summed E-state index contributed by atoms with van der Waals surface area (Å²) in [5.74, 6) is -0.464. The van der Waals surface area contributed by atoms with Gasteiger partial charge >= 0.3 is 7.82 Å². The normalized spacial score (nSPS) is 15.2. The SMILES string of the molecule is CCCCCCCC/C=C\CCCC(O)CC(=O)NC(COP(=O)(O)OCCN)C(O)/C=C/CCCCCCCCCCCCCCC. The third-order valence-corrected chi connectivity index (χ3v) is 9.56. The Bertz CT molecular complexity index is 827. The molecule has 0 saturated heterocycles. The molecule has 6 N–H and O–H groups in total. The van der Waals surface area contributed by atoms with E-state index in [1.54, 1.807) is 6.08 Å². The molecule has 0 radical (unpaired) electrons. The Morgan fingerprint density at radius 1 is 0.708 bits per heavy atom. The molecule has 0 saturated carbocycles. The zero-order valence-electron chi connectivity index (χ0n) is 30.8. The van der Waals surface area contributed by atoms with Crippen molar-refractivity contribution < 1.29 is 33.5 Å². The molecule has 284 valence electrons. The molecule has 0 fully saturated rings. The number of hydrogen-bond acceptors (Lipinski definition) is 7. The topological polar surface area (TPSA) is 151 Å². The number of carbonyl (C=O) groups is 1. The zero-order valence-corrected chi connectivity index (χ0v) is 31.7.